The molecular formula is C17H16FN3S. The summed E-state index contributed by atoms with van der Waals surface area (Å²) >= 11 is 1.55. The molecule has 0 amide bonds. The fraction of sp³-hybridized carbons (Fsp3) is 0.235. The first-order valence-electron chi connectivity index (χ1n) is 7.10. The standard InChI is InChI=1S/C17H16FN3S/c1-10(2)15-9-22-17(21-15)16-19-11(3)8-14(20-16)12-4-6-13(18)7-5-12/h4-10H,1-3H3. The molecule has 0 saturated carbocycles. The lowest BCUT2D eigenvalue weighted by Crippen LogP contribution is -1.95. The number of benzene rings is 1. The summed E-state index contributed by atoms with van der Waals surface area (Å²) in [6.07, 6.45) is 0. The number of thiazole rings is 1. The van der Waals surface area contributed by atoms with Crippen LogP contribution in [-0.2, 0) is 0 Å². The van der Waals surface area contributed by atoms with Gasteiger partial charge in [-0.3, -0.25) is 0 Å². The number of aryl methyl sites for hydroxylation is 1. The minimum absolute atomic E-state index is 0.253. The van der Waals surface area contributed by atoms with Crippen LogP contribution >= 0.6 is 11.3 Å². The van der Waals surface area contributed by atoms with Gasteiger partial charge in [-0.1, -0.05) is 13.8 Å². The van der Waals surface area contributed by atoms with Gasteiger partial charge >= 0.3 is 0 Å². The highest BCUT2D eigenvalue weighted by Gasteiger charge is 2.12. The Labute approximate surface area is 132 Å². The molecule has 0 N–H and O–H groups in total. The molecule has 3 nitrogen and oxygen atoms in total. The Balaban J connectivity index is 2.04. The van der Waals surface area contributed by atoms with E-state index < -0.39 is 0 Å². The van der Waals surface area contributed by atoms with Gasteiger partial charge in [-0.25, -0.2) is 19.3 Å². The van der Waals surface area contributed by atoms with Crippen LogP contribution in [0, 0.1) is 12.7 Å². The second kappa shape index (κ2) is 5.93. The first-order valence-corrected chi connectivity index (χ1v) is 7.98. The van der Waals surface area contributed by atoms with Crippen molar-refractivity contribution in [3.8, 4) is 22.1 Å². The van der Waals surface area contributed by atoms with Gasteiger partial charge in [-0.15, -0.1) is 11.3 Å². The highest BCUT2D eigenvalue weighted by Crippen LogP contribution is 2.27. The van der Waals surface area contributed by atoms with Crippen LogP contribution in [0.25, 0.3) is 22.1 Å². The van der Waals surface area contributed by atoms with Gasteiger partial charge in [0, 0.05) is 16.6 Å². The number of aromatic nitrogens is 3. The fourth-order valence-corrected chi connectivity index (χ4v) is 3.00. The van der Waals surface area contributed by atoms with Crippen molar-refractivity contribution >= 4 is 11.3 Å². The molecule has 3 rings (SSSR count). The lowest BCUT2D eigenvalue weighted by Gasteiger charge is -2.05. The fourth-order valence-electron chi connectivity index (χ4n) is 2.09. The van der Waals surface area contributed by atoms with Crippen molar-refractivity contribution in [2.45, 2.75) is 26.7 Å². The van der Waals surface area contributed by atoms with Gasteiger partial charge in [-0.2, -0.15) is 0 Å². The number of halogens is 1. The van der Waals surface area contributed by atoms with Gasteiger partial charge in [0.05, 0.1) is 11.4 Å². The Hall–Kier alpha value is -2.14. The summed E-state index contributed by atoms with van der Waals surface area (Å²) in [5.74, 6) is 0.749. The molecule has 2 aromatic heterocycles. The van der Waals surface area contributed by atoms with E-state index in [1.165, 1.54) is 12.1 Å². The molecule has 0 fully saturated rings. The first-order chi connectivity index (χ1) is 10.5. The SMILES string of the molecule is Cc1cc(-c2ccc(F)cc2)nc(-c2nc(C(C)C)cs2)n1. The summed E-state index contributed by atoms with van der Waals surface area (Å²) in [4.78, 5) is 13.7. The zero-order chi connectivity index (χ0) is 15.7. The van der Waals surface area contributed by atoms with Gasteiger partial charge in [0.15, 0.2) is 10.8 Å². The highest BCUT2D eigenvalue weighted by atomic mass is 32.1. The van der Waals surface area contributed by atoms with E-state index in [4.69, 9.17) is 0 Å². The second-order valence-electron chi connectivity index (χ2n) is 5.46. The van der Waals surface area contributed by atoms with Crippen LogP contribution in [0.4, 0.5) is 4.39 Å². The van der Waals surface area contributed by atoms with Gasteiger partial charge in [0.1, 0.15) is 5.82 Å². The lowest BCUT2D eigenvalue weighted by atomic mass is 10.1. The van der Waals surface area contributed by atoms with Gasteiger partial charge in [0.25, 0.3) is 0 Å². The van der Waals surface area contributed by atoms with E-state index in [0.717, 1.165) is 27.7 Å². The Bertz CT molecular complexity index is 794. The predicted molar refractivity (Wildman–Crippen MR) is 87.4 cm³/mol. The number of hydrogen-bond acceptors (Lipinski definition) is 4. The van der Waals surface area contributed by atoms with Crippen LogP contribution in [0.1, 0.15) is 31.2 Å². The third-order valence-corrected chi connectivity index (χ3v) is 4.16. The number of rotatable bonds is 3. The van der Waals surface area contributed by atoms with Crippen LogP contribution in [0.15, 0.2) is 35.7 Å². The molecule has 22 heavy (non-hydrogen) atoms. The molecule has 0 atom stereocenters. The van der Waals surface area contributed by atoms with E-state index in [2.05, 4.69) is 28.8 Å². The van der Waals surface area contributed by atoms with Crippen molar-refractivity contribution in [2.75, 3.05) is 0 Å². The summed E-state index contributed by atoms with van der Waals surface area (Å²) in [7, 11) is 0. The summed E-state index contributed by atoms with van der Waals surface area (Å²) in [6.45, 7) is 6.15. The molecule has 0 unspecified atom stereocenters. The number of nitrogens with zero attached hydrogens (tertiary/aromatic N) is 3. The van der Waals surface area contributed by atoms with Crippen LogP contribution < -0.4 is 0 Å². The Morgan fingerprint density at radius 1 is 1.05 bits per heavy atom. The minimum Gasteiger partial charge on any atom is -0.237 e. The zero-order valence-corrected chi connectivity index (χ0v) is 13.5. The topological polar surface area (TPSA) is 38.7 Å². The molecule has 0 aliphatic heterocycles. The molecular weight excluding hydrogens is 297 g/mol. The van der Waals surface area contributed by atoms with E-state index in [1.807, 2.05) is 18.4 Å². The molecule has 0 aliphatic rings. The maximum absolute atomic E-state index is 13.1. The quantitative estimate of drug-likeness (QED) is 0.694. The van der Waals surface area contributed by atoms with Gasteiger partial charge in [-0.05, 0) is 43.2 Å². The van der Waals surface area contributed by atoms with Crippen LogP contribution in [0.3, 0.4) is 0 Å². The number of hydrogen-bond donors (Lipinski definition) is 0. The average Bonchev–Trinajstić information content (AvgIpc) is 2.97. The summed E-state index contributed by atoms with van der Waals surface area (Å²) in [6, 6.07) is 8.22. The first kappa shape index (κ1) is 14.8. The summed E-state index contributed by atoms with van der Waals surface area (Å²) < 4.78 is 13.1. The maximum Gasteiger partial charge on any atom is 0.189 e. The van der Waals surface area contributed by atoms with Gasteiger partial charge < -0.3 is 0 Å². The Kier molecular flexibility index (Phi) is 3.98. The van der Waals surface area contributed by atoms with Gasteiger partial charge in [0.2, 0.25) is 0 Å². The van der Waals surface area contributed by atoms with Crippen molar-refractivity contribution in [3.63, 3.8) is 0 Å². The van der Waals surface area contributed by atoms with Crippen LogP contribution in [-0.4, -0.2) is 15.0 Å². The monoisotopic (exact) mass is 313 g/mol. The van der Waals surface area contributed by atoms with E-state index in [-0.39, 0.29) is 5.82 Å². The van der Waals surface area contributed by atoms with Crippen LogP contribution in [0.5, 0.6) is 0 Å². The molecule has 2 heterocycles. The molecule has 0 bridgehead atoms. The molecule has 5 heteroatoms. The van der Waals surface area contributed by atoms with Crippen molar-refractivity contribution < 1.29 is 4.39 Å². The normalized spacial score (nSPS) is 11.1. The molecule has 3 aromatic rings. The molecule has 0 saturated heterocycles. The molecule has 112 valence electrons. The van der Waals surface area contributed by atoms with E-state index in [1.54, 1.807) is 23.5 Å². The largest absolute Gasteiger partial charge is 0.237 e. The minimum atomic E-state index is -0.253. The Morgan fingerprint density at radius 3 is 2.41 bits per heavy atom. The van der Waals surface area contributed by atoms with E-state index in [9.17, 15) is 4.39 Å². The molecule has 0 aliphatic carbocycles. The zero-order valence-electron chi connectivity index (χ0n) is 12.7. The van der Waals surface area contributed by atoms with E-state index in [0.29, 0.717) is 11.7 Å². The molecule has 0 radical (unpaired) electrons. The third-order valence-electron chi connectivity index (χ3n) is 3.30. The second-order valence-corrected chi connectivity index (χ2v) is 6.32. The lowest BCUT2D eigenvalue weighted by molar-refractivity contribution is 0.628. The Morgan fingerprint density at radius 2 is 1.77 bits per heavy atom. The summed E-state index contributed by atoms with van der Waals surface area (Å²) in [5.41, 5.74) is 3.57. The van der Waals surface area contributed by atoms with Crippen molar-refractivity contribution in [1.29, 1.82) is 0 Å². The van der Waals surface area contributed by atoms with Crippen molar-refractivity contribution in [1.82, 2.24) is 15.0 Å². The van der Waals surface area contributed by atoms with Crippen LogP contribution in [0.2, 0.25) is 0 Å². The average molecular weight is 313 g/mol. The van der Waals surface area contributed by atoms with Crippen molar-refractivity contribution in [3.05, 3.63) is 52.9 Å². The molecule has 1 aromatic carbocycles. The summed E-state index contributed by atoms with van der Waals surface area (Å²) in [5, 5.41) is 2.86. The highest BCUT2D eigenvalue weighted by molar-refractivity contribution is 7.13. The predicted octanol–water partition coefficient (Wildman–Crippen LogP) is 4.84. The smallest absolute Gasteiger partial charge is 0.189 e. The van der Waals surface area contributed by atoms with Crippen molar-refractivity contribution in [2.24, 2.45) is 0 Å². The maximum atomic E-state index is 13.1. The molecule has 0 spiro atoms. The third kappa shape index (κ3) is 3.04. The van der Waals surface area contributed by atoms with E-state index >= 15 is 0 Å².